The number of nitrogens with two attached hydrogens (primary N) is 1. The number of aliphatic hydroxyl groups excluding tert-OH is 3. The van der Waals surface area contributed by atoms with E-state index in [4.69, 9.17) is 10.5 Å². The molecule has 0 unspecified atom stereocenters. The Kier molecular flexibility index (Phi) is 4.31. The zero-order valence-electron chi connectivity index (χ0n) is 14.1. The van der Waals surface area contributed by atoms with Gasteiger partial charge in [0, 0.05) is 13.1 Å². The van der Waals surface area contributed by atoms with Crippen LogP contribution in [0.2, 0.25) is 0 Å². The van der Waals surface area contributed by atoms with Crippen LogP contribution in [0.25, 0.3) is 11.2 Å². The summed E-state index contributed by atoms with van der Waals surface area (Å²) in [5.74, 6) is 0.346. The molecule has 2 saturated heterocycles. The first-order chi connectivity index (χ1) is 12.5. The average molecular weight is 366 g/mol. The molecule has 11 heteroatoms. The first-order valence-corrected chi connectivity index (χ1v) is 8.66. The van der Waals surface area contributed by atoms with Gasteiger partial charge in [0.1, 0.15) is 18.3 Å². The molecule has 2 fully saturated rings. The normalized spacial score (nSPS) is 29.6. The van der Waals surface area contributed by atoms with Gasteiger partial charge in [0.05, 0.1) is 6.61 Å². The number of fused-ring (bicyclic) bond motifs is 1. The van der Waals surface area contributed by atoms with Crippen molar-refractivity contribution in [1.82, 2.24) is 19.5 Å². The van der Waals surface area contributed by atoms with Crippen LogP contribution >= 0.6 is 0 Å². The molecular weight excluding hydrogens is 344 g/mol. The van der Waals surface area contributed by atoms with Gasteiger partial charge in [0.25, 0.3) is 5.56 Å². The predicted molar refractivity (Wildman–Crippen MR) is 91.6 cm³/mol. The van der Waals surface area contributed by atoms with Crippen molar-refractivity contribution in [2.24, 2.45) is 0 Å². The molecule has 26 heavy (non-hydrogen) atoms. The Morgan fingerprint density at radius 3 is 2.58 bits per heavy atom. The lowest BCUT2D eigenvalue weighted by Gasteiger charge is -2.30. The van der Waals surface area contributed by atoms with E-state index < -0.39 is 36.7 Å². The van der Waals surface area contributed by atoms with E-state index in [9.17, 15) is 20.1 Å². The summed E-state index contributed by atoms with van der Waals surface area (Å²) in [7, 11) is 0. The number of H-pyrrole nitrogens is 1. The molecule has 0 aromatic carbocycles. The van der Waals surface area contributed by atoms with Crippen LogP contribution in [0.1, 0.15) is 25.5 Å². The number of aromatic amines is 1. The predicted octanol–water partition coefficient (Wildman–Crippen LogP) is -1.70. The van der Waals surface area contributed by atoms with Crippen molar-refractivity contribution < 1.29 is 20.1 Å². The lowest BCUT2D eigenvalue weighted by Crippen LogP contribution is -2.35. The van der Waals surface area contributed by atoms with Crippen LogP contribution in [0.4, 0.5) is 11.9 Å². The highest BCUT2D eigenvalue weighted by Gasteiger charge is 2.45. The number of nitrogens with zero attached hydrogens (tertiary/aromatic N) is 4. The molecule has 4 atom stereocenters. The maximum Gasteiger partial charge on any atom is 0.280 e. The minimum atomic E-state index is -1.31. The van der Waals surface area contributed by atoms with E-state index in [2.05, 4.69) is 15.0 Å². The van der Waals surface area contributed by atoms with Crippen molar-refractivity contribution in [3.8, 4) is 0 Å². The number of nitrogens with one attached hydrogen (secondary N) is 1. The molecule has 6 N–H and O–H groups in total. The summed E-state index contributed by atoms with van der Waals surface area (Å²) in [5.41, 5.74) is 5.44. The number of aliphatic hydroxyl groups is 3. The fourth-order valence-electron chi connectivity index (χ4n) is 3.63. The number of hydrogen-bond donors (Lipinski definition) is 5. The van der Waals surface area contributed by atoms with Gasteiger partial charge in [-0.1, -0.05) is 0 Å². The van der Waals surface area contributed by atoms with E-state index in [1.165, 1.54) is 4.57 Å². The monoisotopic (exact) mass is 366 g/mol. The molecule has 0 radical (unpaired) electrons. The van der Waals surface area contributed by atoms with Gasteiger partial charge in [-0.05, 0) is 19.3 Å². The Hall–Kier alpha value is -2.21. The van der Waals surface area contributed by atoms with Crippen LogP contribution in [-0.2, 0) is 4.74 Å². The molecule has 142 valence electrons. The van der Waals surface area contributed by atoms with Crippen molar-refractivity contribution in [2.75, 3.05) is 30.3 Å². The summed E-state index contributed by atoms with van der Waals surface area (Å²) >= 11 is 0. The fourth-order valence-corrected chi connectivity index (χ4v) is 3.63. The number of piperidine rings is 1. The van der Waals surface area contributed by atoms with E-state index in [0.29, 0.717) is 5.95 Å². The molecule has 2 aliphatic rings. The highest BCUT2D eigenvalue weighted by molar-refractivity contribution is 5.75. The van der Waals surface area contributed by atoms with E-state index in [1.54, 1.807) is 0 Å². The van der Waals surface area contributed by atoms with Crippen molar-refractivity contribution in [2.45, 2.75) is 43.8 Å². The molecule has 0 aliphatic carbocycles. The molecule has 11 nitrogen and oxygen atoms in total. The van der Waals surface area contributed by atoms with E-state index >= 15 is 0 Å². The van der Waals surface area contributed by atoms with Crippen molar-refractivity contribution in [3.63, 3.8) is 0 Å². The Morgan fingerprint density at radius 1 is 1.19 bits per heavy atom. The van der Waals surface area contributed by atoms with Crippen LogP contribution in [0.3, 0.4) is 0 Å². The number of nitrogen functional groups attached to an aromatic ring is 1. The number of hydrogen-bond acceptors (Lipinski definition) is 9. The molecule has 0 amide bonds. The highest BCUT2D eigenvalue weighted by atomic mass is 16.6. The minimum absolute atomic E-state index is 0.0810. The second-order valence-corrected chi connectivity index (χ2v) is 6.68. The number of ether oxygens (including phenoxy) is 1. The highest BCUT2D eigenvalue weighted by Crippen LogP contribution is 2.35. The van der Waals surface area contributed by atoms with Crippen LogP contribution in [-0.4, -0.2) is 72.8 Å². The smallest absolute Gasteiger partial charge is 0.280 e. The lowest BCUT2D eigenvalue weighted by atomic mass is 10.1. The third-order valence-corrected chi connectivity index (χ3v) is 4.96. The van der Waals surface area contributed by atoms with E-state index in [-0.39, 0.29) is 17.1 Å². The quantitative estimate of drug-likeness (QED) is 0.426. The Labute approximate surface area is 148 Å². The summed E-state index contributed by atoms with van der Waals surface area (Å²) in [6.07, 6.45) is -1.50. The largest absolute Gasteiger partial charge is 0.394 e. The van der Waals surface area contributed by atoms with Gasteiger partial charge < -0.3 is 30.7 Å². The second-order valence-electron chi connectivity index (χ2n) is 6.68. The molecule has 2 aromatic rings. The van der Waals surface area contributed by atoms with Gasteiger partial charge in [-0.25, -0.2) is 4.98 Å². The Bertz CT molecular complexity index is 860. The van der Waals surface area contributed by atoms with E-state index in [1.807, 2.05) is 4.90 Å². The lowest BCUT2D eigenvalue weighted by molar-refractivity contribution is -0.0504. The Morgan fingerprint density at radius 2 is 1.92 bits per heavy atom. The maximum absolute atomic E-state index is 12.3. The first kappa shape index (κ1) is 17.2. The molecule has 0 spiro atoms. The van der Waals surface area contributed by atoms with Crippen molar-refractivity contribution in [3.05, 3.63) is 10.4 Å². The zero-order valence-corrected chi connectivity index (χ0v) is 14.1. The third kappa shape index (κ3) is 2.63. The minimum Gasteiger partial charge on any atom is -0.394 e. The van der Waals surface area contributed by atoms with Crippen LogP contribution in [0, 0.1) is 0 Å². The third-order valence-electron chi connectivity index (χ3n) is 4.96. The van der Waals surface area contributed by atoms with Gasteiger partial charge in [0.2, 0.25) is 11.9 Å². The molecule has 4 rings (SSSR count). The number of aromatic nitrogens is 4. The molecular formula is C15H22N6O5. The summed E-state index contributed by atoms with van der Waals surface area (Å²) < 4.78 is 7.15. The zero-order chi connectivity index (χ0) is 18.4. The summed E-state index contributed by atoms with van der Waals surface area (Å²) in [6.45, 7) is 1.04. The van der Waals surface area contributed by atoms with Gasteiger partial charge in [0.15, 0.2) is 17.4 Å². The molecule has 2 aromatic heterocycles. The van der Waals surface area contributed by atoms with Gasteiger partial charge in [-0.15, -0.1) is 0 Å². The maximum atomic E-state index is 12.3. The molecule has 2 aliphatic heterocycles. The number of rotatable bonds is 3. The molecule has 0 bridgehead atoms. The SMILES string of the molecule is Nc1nc2c(nc(N3CCCCC3)n2[C@@H]2O[C@H](CO)[C@H](O)[C@@H]2O)c(=O)[nH]1. The van der Waals surface area contributed by atoms with Crippen molar-refractivity contribution in [1.29, 1.82) is 0 Å². The Balaban J connectivity index is 1.89. The summed E-state index contributed by atoms with van der Waals surface area (Å²) in [4.78, 5) is 25.3. The number of imidazole rings is 1. The standard InChI is InChI=1S/C15H22N6O5/c16-14-18-11-8(12(25)19-14)17-15(20-4-2-1-3-5-20)21(11)13-10(24)9(23)7(6-22)26-13/h7,9-10,13,22-24H,1-6H2,(H3,16,18,19,25)/t7-,9+,10+,13-/m1/s1. The van der Waals surface area contributed by atoms with Crippen molar-refractivity contribution >= 4 is 23.1 Å². The first-order valence-electron chi connectivity index (χ1n) is 8.66. The van der Waals surface area contributed by atoms with Gasteiger partial charge in [-0.3, -0.25) is 14.3 Å². The van der Waals surface area contributed by atoms with Gasteiger partial charge >= 0.3 is 0 Å². The number of anilines is 2. The van der Waals surface area contributed by atoms with Gasteiger partial charge in [-0.2, -0.15) is 4.98 Å². The van der Waals surface area contributed by atoms with E-state index in [0.717, 1.165) is 32.4 Å². The topological polar surface area (TPSA) is 163 Å². The molecule has 4 heterocycles. The fraction of sp³-hybridized carbons (Fsp3) is 0.667. The molecule has 0 saturated carbocycles. The summed E-state index contributed by atoms with van der Waals surface area (Å²) in [5, 5.41) is 29.9. The van der Waals surface area contributed by atoms with Crippen LogP contribution in [0.5, 0.6) is 0 Å². The van der Waals surface area contributed by atoms with Crippen LogP contribution in [0.15, 0.2) is 4.79 Å². The van der Waals surface area contributed by atoms with Crippen LogP contribution < -0.4 is 16.2 Å². The summed E-state index contributed by atoms with van der Waals surface area (Å²) in [6, 6.07) is 0. The average Bonchev–Trinajstić information content (AvgIpc) is 3.14. The second kappa shape index (κ2) is 6.50.